The Hall–Kier alpha value is -1.84. The smallest absolute Gasteiger partial charge is 0.311 e. The minimum atomic E-state index is -0.268. The van der Waals surface area contributed by atoms with Crippen molar-refractivity contribution in [1.82, 2.24) is 0 Å². The van der Waals surface area contributed by atoms with Gasteiger partial charge < -0.3 is 9.47 Å². The molecule has 0 amide bonds. The van der Waals surface area contributed by atoms with Gasteiger partial charge in [-0.15, -0.1) is 0 Å². The summed E-state index contributed by atoms with van der Waals surface area (Å²) in [5.41, 5.74) is 0.941. The molecule has 0 aliphatic rings. The Balaban J connectivity index is 2.85. The minimum Gasteiger partial charge on any atom is -0.423 e. The number of para-hydroxylation sites is 1. The molecule has 0 aromatic heterocycles. The van der Waals surface area contributed by atoms with Gasteiger partial charge in [0, 0.05) is 12.8 Å². The molecule has 0 radical (unpaired) electrons. The molecule has 0 fully saturated rings. The number of carbonyl (C=O) groups is 2. The fourth-order valence-electron chi connectivity index (χ4n) is 3.34. The normalized spacial score (nSPS) is 11.2. The van der Waals surface area contributed by atoms with E-state index >= 15 is 0 Å². The summed E-state index contributed by atoms with van der Waals surface area (Å²) in [6, 6.07) is 5.58. The number of ether oxygens (including phenoxy) is 2. The van der Waals surface area contributed by atoms with Crippen LogP contribution in [0.15, 0.2) is 18.2 Å². The summed E-state index contributed by atoms with van der Waals surface area (Å²) < 4.78 is 11.4. The summed E-state index contributed by atoms with van der Waals surface area (Å²) in [6.07, 6.45) is 9.68. The van der Waals surface area contributed by atoms with Crippen LogP contribution in [0.4, 0.5) is 0 Å². The fourth-order valence-corrected chi connectivity index (χ4v) is 3.34. The van der Waals surface area contributed by atoms with E-state index < -0.39 is 0 Å². The molecule has 1 aromatic rings. The van der Waals surface area contributed by atoms with Crippen LogP contribution < -0.4 is 9.47 Å². The van der Waals surface area contributed by atoms with Crippen LogP contribution in [-0.4, -0.2) is 11.9 Å². The average Bonchev–Trinajstić information content (AvgIpc) is 2.66. The lowest BCUT2D eigenvalue weighted by atomic mass is 10.0. The van der Waals surface area contributed by atoms with Gasteiger partial charge in [0.1, 0.15) is 0 Å². The standard InChI is InChI=1S/C26H42O4/c1-6-7-8-9-15-22-16-12-17-23(29-24(27)18-10-13-20(2)3)26(22)30-25(28)19-11-14-21(4)5/h12,16-17,20-21H,6-11,13-15,18-19H2,1-5H3. The maximum atomic E-state index is 12.4. The van der Waals surface area contributed by atoms with Gasteiger partial charge in [0.05, 0.1) is 0 Å². The van der Waals surface area contributed by atoms with Gasteiger partial charge in [0.25, 0.3) is 0 Å². The van der Waals surface area contributed by atoms with E-state index in [1.807, 2.05) is 12.1 Å². The van der Waals surface area contributed by atoms with Crippen LogP contribution >= 0.6 is 0 Å². The number of hydrogen-bond acceptors (Lipinski definition) is 4. The number of unbranched alkanes of at least 4 members (excludes halogenated alkanes) is 3. The fraction of sp³-hybridized carbons (Fsp3) is 0.692. The topological polar surface area (TPSA) is 52.6 Å². The molecular formula is C26H42O4. The van der Waals surface area contributed by atoms with Gasteiger partial charge in [-0.1, -0.05) is 78.9 Å². The molecule has 1 aromatic carbocycles. The molecule has 0 saturated carbocycles. The number of esters is 2. The highest BCUT2D eigenvalue weighted by atomic mass is 16.6. The lowest BCUT2D eigenvalue weighted by Crippen LogP contribution is -2.13. The van der Waals surface area contributed by atoms with Gasteiger partial charge in [-0.05, 0) is 49.1 Å². The summed E-state index contributed by atoms with van der Waals surface area (Å²) in [6.45, 7) is 10.8. The first-order valence-electron chi connectivity index (χ1n) is 11.9. The van der Waals surface area contributed by atoms with E-state index in [4.69, 9.17) is 9.47 Å². The molecular weight excluding hydrogens is 376 g/mol. The monoisotopic (exact) mass is 418 g/mol. The molecule has 0 bridgehead atoms. The Labute approximate surface area is 183 Å². The van der Waals surface area contributed by atoms with Crippen molar-refractivity contribution in [2.75, 3.05) is 0 Å². The second kappa shape index (κ2) is 15.0. The average molecular weight is 419 g/mol. The van der Waals surface area contributed by atoms with Gasteiger partial charge >= 0.3 is 11.9 Å². The minimum absolute atomic E-state index is 0.256. The number of carbonyl (C=O) groups excluding carboxylic acids is 2. The maximum absolute atomic E-state index is 12.4. The van der Waals surface area contributed by atoms with Crippen LogP contribution in [0, 0.1) is 11.8 Å². The molecule has 1 rings (SSSR count). The zero-order valence-electron chi connectivity index (χ0n) is 19.8. The number of benzene rings is 1. The van der Waals surface area contributed by atoms with Crippen molar-refractivity contribution < 1.29 is 19.1 Å². The third-order valence-corrected chi connectivity index (χ3v) is 5.12. The Bertz CT molecular complexity index is 634. The van der Waals surface area contributed by atoms with Crippen LogP contribution in [-0.2, 0) is 16.0 Å². The SMILES string of the molecule is CCCCCCc1cccc(OC(=O)CCCC(C)C)c1OC(=O)CCCC(C)C. The summed E-state index contributed by atoms with van der Waals surface area (Å²) in [5.74, 6) is 1.40. The van der Waals surface area contributed by atoms with Crippen LogP contribution in [0.25, 0.3) is 0 Å². The number of aryl methyl sites for hydroxylation is 1. The molecule has 0 saturated heterocycles. The van der Waals surface area contributed by atoms with E-state index in [1.54, 1.807) is 6.07 Å². The second-order valence-electron chi connectivity index (χ2n) is 9.08. The molecule has 4 nitrogen and oxygen atoms in total. The number of rotatable bonds is 15. The predicted molar refractivity (Wildman–Crippen MR) is 123 cm³/mol. The van der Waals surface area contributed by atoms with Gasteiger partial charge in [0.15, 0.2) is 11.5 Å². The van der Waals surface area contributed by atoms with E-state index in [9.17, 15) is 9.59 Å². The third kappa shape index (κ3) is 11.4. The first-order chi connectivity index (χ1) is 14.3. The summed E-state index contributed by atoms with van der Waals surface area (Å²) >= 11 is 0. The first kappa shape index (κ1) is 26.2. The zero-order valence-corrected chi connectivity index (χ0v) is 19.8. The van der Waals surface area contributed by atoms with Gasteiger partial charge in [-0.25, -0.2) is 0 Å². The van der Waals surface area contributed by atoms with E-state index in [2.05, 4.69) is 34.6 Å². The third-order valence-electron chi connectivity index (χ3n) is 5.12. The van der Waals surface area contributed by atoms with Crippen LogP contribution in [0.1, 0.15) is 104 Å². The lowest BCUT2D eigenvalue weighted by molar-refractivity contribution is -0.137. The van der Waals surface area contributed by atoms with Crippen molar-refractivity contribution in [3.05, 3.63) is 23.8 Å². The van der Waals surface area contributed by atoms with Crippen molar-refractivity contribution in [2.45, 2.75) is 105 Å². The zero-order chi connectivity index (χ0) is 22.4. The van der Waals surface area contributed by atoms with Crippen molar-refractivity contribution in [2.24, 2.45) is 11.8 Å². The molecule has 0 heterocycles. The van der Waals surface area contributed by atoms with Crippen LogP contribution in [0.5, 0.6) is 11.5 Å². The number of hydrogen-bond donors (Lipinski definition) is 0. The molecule has 0 spiro atoms. The van der Waals surface area contributed by atoms with Crippen LogP contribution in [0.3, 0.4) is 0 Å². The highest BCUT2D eigenvalue weighted by Gasteiger charge is 2.18. The molecule has 0 aliphatic heterocycles. The largest absolute Gasteiger partial charge is 0.423 e. The van der Waals surface area contributed by atoms with Crippen molar-refractivity contribution in [1.29, 1.82) is 0 Å². The highest BCUT2D eigenvalue weighted by molar-refractivity contribution is 5.76. The predicted octanol–water partition coefficient (Wildman–Crippen LogP) is 7.27. The molecule has 0 atom stereocenters. The second-order valence-corrected chi connectivity index (χ2v) is 9.08. The van der Waals surface area contributed by atoms with Crippen molar-refractivity contribution in [3.63, 3.8) is 0 Å². The van der Waals surface area contributed by atoms with E-state index in [0.717, 1.165) is 50.5 Å². The van der Waals surface area contributed by atoms with Gasteiger partial charge in [-0.2, -0.15) is 0 Å². The molecule has 0 unspecified atom stereocenters. The van der Waals surface area contributed by atoms with E-state index in [-0.39, 0.29) is 11.9 Å². The quantitative estimate of drug-likeness (QED) is 0.171. The Morgan fingerprint density at radius 1 is 0.800 bits per heavy atom. The van der Waals surface area contributed by atoms with Crippen molar-refractivity contribution in [3.8, 4) is 11.5 Å². The molecule has 170 valence electrons. The summed E-state index contributed by atoms with van der Waals surface area (Å²) in [5, 5.41) is 0. The Morgan fingerprint density at radius 3 is 1.97 bits per heavy atom. The Morgan fingerprint density at radius 2 is 1.40 bits per heavy atom. The van der Waals surface area contributed by atoms with Crippen LogP contribution in [0.2, 0.25) is 0 Å². The summed E-state index contributed by atoms with van der Waals surface area (Å²) in [4.78, 5) is 24.8. The van der Waals surface area contributed by atoms with Gasteiger partial charge in [0.2, 0.25) is 0 Å². The highest BCUT2D eigenvalue weighted by Crippen LogP contribution is 2.33. The molecule has 30 heavy (non-hydrogen) atoms. The Kier molecular flexibility index (Phi) is 13.1. The molecule has 4 heteroatoms. The first-order valence-corrected chi connectivity index (χ1v) is 11.9. The molecule has 0 aliphatic carbocycles. The van der Waals surface area contributed by atoms with E-state index in [0.29, 0.717) is 36.2 Å². The molecule has 0 N–H and O–H groups in total. The maximum Gasteiger partial charge on any atom is 0.311 e. The van der Waals surface area contributed by atoms with Crippen molar-refractivity contribution >= 4 is 11.9 Å². The summed E-state index contributed by atoms with van der Waals surface area (Å²) in [7, 11) is 0. The van der Waals surface area contributed by atoms with Gasteiger partial charge in [-0.3, -0.25) is 9.59 Å². The van der Waals surface area contributed by atoms with E-state index in [1.165, 1.54) is 12.8 Å². The lowest BCUT2D eigenvalue weighted by Gasteiger charge is -2.15.